The summed E-state index contributed by atoms with van der Waals surface area (Å²) < 4.78 is 12.6. The summed E-state index contributed by atoms with van der Waals surface area (Å²) in [6.45, 7) is 17.7. The number of aliphatic hydroxyl groups is 6. The average molecular weight is 623 g/mol. The third-order valence-corrected chi connectivity index (χ3v) is 14.3. The fourth-order valence-corrected chi connectivity index (χ4v) is 11.4. The Morgan fingerprint density at radius 1 is 0.909 bits per heavy atom. The smallest absolute Gasteiger partial charge is 0.187 e. The van der Waals surface area contributed by atoms with Gasteiger partial charge in [-0.25, -0.2) is 0 Å². The van der Waals surface area contributed by atoms with Gasteiger partial charge in [-0.1, -0.05) is 61.3 Å². The predicted octanol–water partition coefficient (Wildman–Crippen LogP) is 5.24. The lowest BCUT2D eigenvalue weighted by Gasteiger charge is -2.68. The third kappa shape index (κ3) is 5.12. The highest BCUT2D eigenvalue weighted by Gasteiger charge is 2.69. The van der Waals surface area contributed by atoms with Crippen LogP contribution in [-0.4, -0.2) is 79.7 Å². The first-order valence-electron chi connectivity index (χ1n) is 17.5. The van der Waals surface area contributed by atoms with Gasteiger partial charge in [0.2, 0.25) is 0 Å². The van der Waals surface area contributed by atoms with E-state index in [4.69, 9.17) is 9.47 Å². The molecule has 4 aliphatic carbocycles. The molecular weight excluding hydrogens is 560 g/mol. The van der Waals surface area contributed by atoms with Gasteiger partial charge in [0, 0.05) is 12.3 Å². The molecular formula is C36H62O8. The second kappa shape index (κ2) is 11.7. The van der Waals surface area contributed by atoms with E-state index in [1.54, 1.807) is 0 Å². The molecule has 0 unspecified atom stereocenters. The van der Waals surface area contributed by atoms with Gasteiger partial charge >= 0.3 is 0 Å². The molecule has 8 heteroatoms. The maximum atomic E-state index is 12.1. The molecule has 0 aromatic rings. The molecule has 4 fully saturated rings. The van der Waals surface area contributed by atoms with Gasteiger partial charge < -0.3 is 40.1 Å². The fraction of sp³-hybridized carbons (Fsp3) is 0.944. The Bertz CT molecular complexity index is 1090. The van der Waals surface area contributed by atoms with Crippen molar-refractivity contribution in [3.63, 3.8) is 0 Å². The number of hydrogen-bond donors (Lipinski definition) is 6. The lowest BCUT2D eigenvalue weighted by Crippen LogP contribution is -2.63. The van der Waals surface area contributed by atoms with Crippen LogP contribution in [0.1, 0.15) is 120 Å². The Morgan fingerprint density at radius 3 is 2.23 bits per heavy atom. The molecule has 6 N–H and O–H groups in total. The first kappa shape index (κ1) is 34.6. The molecule has 254 valence electrons. The molecule has 1 saturated heterocycles. The van der Waals surface area contributed by atoms with Crippen molar-refractivity contribution in [2.24, 2.45) is 45.3 Å². The molecule has 0 amide bonds. The van der Waals surface area contributed by atoms with Gasteiger partial charge in [0.25, 0.3) is 0 Å². The van der Waals surface area contributed by atoms with Crippen LogP contribution in [-0.2, 0) is 9.47 Å². The van der Waals surface area contributed by atoms with E-state index in [9.17, 15) is 30.6 Å². The molecule has 44 heavy (non-hydrogen) atoms. The van der Waals surface area contributed by atoms with Crippen molar-refractivity contribution in [2.75, 3.05) is 6.61 Å². The summed E-state index contributed by atoms with van der Waals surface area (Å²) in [5.74, 6) is 1.57. The van der Waals surface area contributed by atoms with Crippen molar-refractivity contribution in [1.82, 2.24) is 0 Å². The van der Waals surface area contributed by atoms with E-state index in [0.717, 1.165) is 56.9 Å². The third-order valence-electron chi connectivity index (χ3n) is 14.3. The zero-order valence-electron chi connectivity index (χ0n) is 28.6. The monoisotopic (exact) mass is 622 g/mol. The SMILES string of the molecule is CC(C)CCC[C@](C)(O[C@@H]1O[C@H](CO)[C@@H](O)[C@H](O)[C@H]1O)[C@H]1CC[C@]2(C)C1=C(O)C[C@@H]1[C@@]3(C)CC[C@H](O)C(C)(C)[C@@H]3CC[C@]12C. The van der Waals surface area contributed by atoms with Crippen molar-refractivity contribution in [1.29, 1.82) is 0 Å². The summed E-state index contributed by atoms with van der Waals surface area (Å²) in [5.41, 5.74) is -0.146. The Hall–Kier alpha value is -0.740. The van der Waals surface area contributed by atoms with Crippen LogP contribution in [0.3, 0.4) is 0 Å². The topological polar surface area (TPSA) is 140 Å². The Balaban J connectivity index is 1.52. The van der Waals surface area contributed by atoms with Gasteiger partial charge in [-0.15, -0.1) is 0 Å². The number of allylic oxidation sites excluding steroid dienone is 1. The van der Waals surface area contributed by atoms with Crippen LogP contribution in [0.2, 0.25) is 0 Å². The fourth-order valence-electron chi connectivity index (χ4n) is 11.4. The molecule has 1 heterocycles. The molecule has 0 bridgehead atoms. The molecule has 8 nitrogen and oxygen atoms in total. The van der Waals surface area contributed by atoms with E-state index in [0.29, 0.717) is 36.4 Å². The molecule has 5 rings (SSSR count). The van der Waals surface area contributed by atoms with Crippen LogP contribution in [0.5, 0.6) is 0 Å². The van der Waals surface area contributed by atoms with Gasteiger partial charge in [0.1, 0.15) is 24.4 Å². The summed E-state index contributed by atoms with van der Waals surface area (Å²) in [6.07, 6.45) is 1.86. The molecule has 0 aromatic heterocycles. The number of hydrogen-bond acceptors (Lipinski definition) is 8. The van der Waals surface area contributed by atoms with Crippen LogP contribution in [0.15, 0.2) is 11.3 Å². The van der Waals surface area contributed by atoms with Crippen molar-refractivity contribution in [3.05, 3.63) is 11.3 Å². The highest BCUT2D eigenvalue weighted by atomic mass is 16.7. The van der Waals surface area contributed by atoms with E-state index < -0.39 is 42.9 Å². The zero-order chi connectivity index (χ0) is 32.6. The molecule has 13 atom stereocenters. The van der Waals surface area contributed by atoms with Crippen LogP contribution in [0.25, 0.3) is 0 Å². The van der Waals surface area contributed by atoms with Crippen molar-refractivity contribution >= 4 is 0 Å². The first-order valence-corrected chi connectivity index (χ1v) is 17.5. The van der Waals surface area contributed by atoms with Gasteiger partial charge in [0.05, 0.1) is 24.1 Å². The Morgan fingerprint density at radius 2 is 1.59 bits per heavy atom. The summed E-state index contributed by atoms with van der Waals surface area (Å²) >= 11 is 0. The Kier molecular flexibility index (Phi) is 9.23. The average Bonchev–Trinajstić information content (AvgIpc) is 3.33. The van der Waals surface area contributed by atoms with E-state index in [2.05, 4.69) is 55.4 Å². The standard InChI is InChI=1S/C36H62O8/c1-20(2)10-9-14-36(8,44-31-30(42)29(41)28(40)23(19-37)43-31)21-11-16-35(7)27(21)22(38)18-25-33(5)15-13-26(39)32(3,4)24(33)12-17-34(25,35)6/h20-21,23-26,28-31,37-42H,9-19H2,1-8H3/t21-,23+,24-,25+,26-,28+,29-,30+,31-,33-,34+,35+,36-/m0/s1. The second-order valence-electron chi connectivity index (χ2n) is 17.3. The minimum atomic E-state index is -1.50. The van der Waals surface area contributed by atoms with Crippen LogP contribution in [0.4, 0.5) is 0 Å². The van der Waals surface area contributed by atoms with Crippen LogP contribution >= 0.6 is 0 Å². The highest BCUT2D eigenvalue weighted by molar-refractivity contribution is 5.36. The summed E-state index contributed by atoms with van der Waals surface area (Å²) in [4.78, 5) is 0. The van der Waals surface area contributed by atoms with Gasteiger partial charge in [-0.2, -0.15) is 0 Å². The number of fused-ring (bicyclic) bond motifs is 5. The van der Waals surface area contributed by atoms with E-state index in [-0.39, 0.29) is 33.7 Å². The molecule has 3 saturated carbocycles. The predicted molar refractivity (Wildman–Crippen MR) is 168 cm³/mol. The van der Waals surface area contributed by atoms with Gasteiger partial charge in [-0.3, -0.25) is 0 Å². The largest absolute Gasteiger partial charge is 0.512 e. The maximum absolute atomic E-state index is 12.1. The van der Waals surface area contributed by atoms with Gasteiger partial charge in [-0.05, 0) is 96.9 Å². The molecule has 5 aliphatic rings. The minimum absolute atomic E-state index is 0.0176. The lowest BCUT2D eigenvalue weighted by atomic mass is 9.36. The van der Waals surface area contributed by atoms with E-state index in [1.807, 2.05) is 0 Å². The van der Waals surface area contributed by atoms with Crippen LogP contribution in [0, 0.1) is 45.3 Å². The molecule has 1 aliphatic heterocycles. The normalized spacial score (nSPS) is 48.5. The van der Waals surface area contributed by atoms with Crippen molar-refractivity contribution < 1.29 is 40.1 Å². The number of rotatable bonds is 8. The maximum Gasteiger partial charge on any atom is 0.187 e. The molecule has 0 aromatic carbocycles. The minimum Gasteiger partial charge on any atom is -0.512 e. The molecule has 0 radical (unpaired) electrons. The summed E-state index contributed by atoms with van der Waals surface area (Å²) in [6, 6.07) is 0. The van der Waals surface area contributed by atoms with Crippen molar-refractivity contribution in [3.8, 4) is 0 Å². The first-order chi connectivity index (χ1) is 20.4. The second-order valence-corrected chi connectivity index (χ2v) is 17.3. The number of aliphatic hydroxyl groups excluding tert-OH is 6. The lowest BCUT2D eigenvalue weighted by molar-refractivity contribution is -0.330. The quantitative estimate of drug-likeness (QED) is 0.216. The number of ether oxygens (including phenoxy) is 2. The zero-order valence-corrected chi connectivity index (χ0v) is 28.6. The van der Waals surface area contributed by atoms with Crippen LogP contribution < -0.4 is 0 Å². The highest BCUT2D eigenvalue weighted by Crippen LogP contribution is 2.75. The van der Waals surface area contributed by atoms with E-state index in [1.165, 1.54) is 0 Å². The van der Waals surface area contributed by atoms with Gasteiger partial charge in [0.15, 0.2) is 6.29 Å². The Labute approximate surface area is 265 Å². The summed E-state index contributed by atoms with van der Waals surface area (Å²) in [5, 5.41) is 64.9. The molecule has 0 spiro atoms. The summed E-state index contributed by atoms with van der Waals surface area (Å²) in [7, 11) is 0. The van der Waals surface area contributed by atoms with Crippen molar-refractivity contribution in [2.45, 2.75) is 162 Å². The van der Waals surface area contributed by atoms with E-state index >= 15 is 0 Å².